The molecule has 2 aliphatic rings. The first kappa shape index (κ1) is 28.9. The third-order valence-electron chi connectivity index (χ3n) is 7.88. The third-order valence-corrected chi connectivity index (χ3v) is 9.12. The minimum atomic E-state index is -0.377. The van der Waals surface area contributed by atoms with Crippen molar-refractivity contribution < 1.29 is 18.7 Å². The minimum Gasteiger partial charge on any atom is -0.496 e. The number of benzene rings is 3. The van der Waals surface area contributed by atoms with E-state index >= 15 is 0 Å². The quantitative estimate of drug-likeness (QED) is 0.290. The summed E-state index contributed by atoms with van der Waals surface area (Å²) in [6, 6.07) is 23.5. The summed E-state index contributed by atoms with van der Waals surface area (Å²) >= 11 is 1.48. The first-order valence-corrected chi connectivity index (χ1v) is 15.6. The van der Waals surface area contributed by atoms with Crippen LogP contribution in [0.4, 0.5) is 10.2 Å². The van der Waals surface area contributed by atoms with Gasteiger partial charge in [0.15, 0.2) is 0 Å². The number of methoxy groups -OCH3 is 1. The molecule has 1 unspecified atom stereocenters. The first-order chi connectivity index (χ1) is 21.0. The number of hydrogen-bond acceptors (Lipinski definition) is 6. The fourth-order valence-corrected chi connectivity index (χ4v) is 7.00. The molecule has 6 rings (SSSR count). The van der Waals surface area contributed by atoms with Gasteiger partial charge >= 0.3 is 0 Å². The number of likely N-dealkylation sites (tertiary alicyclic amines) is 1. The Labute approximate surface area is 254 Å². The number of thioether (sulfide) groups is 1. The van der Waals surface area contributed by atoms with E-state index in [1.54, 1.807) is 23.9 Å². The lowest BCUT2D eigenvalue weighted by molar-refractivity contribution is -0.122. The maximum atomic E-state index is 14.0. The molecule has 0 radical (unpaired) electrons. The molecule has 10 heteroatoms. The summed E-state index contributed by atoms with van der Waals surface area (Å²) in [4.78, 5) is 31.1. The molecule has 1 fully saturated rings. The van der Waals surface area contributed by atoms with Gasteiger partial charge < -0.3 is 15.0 Å². The van der Waals surface area contributed by atoms with Crippen LogP contribution in [0.3, 0.4) is 0 Å². The monoisotopic (exact) mass is 599 g/mol. The van der Waals surface area contributed by atoms with Crippen molar-refractivity contribution in [2.45, 2.75) is 18.1 Å². The minimum absolute atomic E-state index is 0.149. The van der Waals surface area contributed by atoms with Gasteiger partial charge in [-0.3, -0.25) is 14.5 Å². The van der Waals surface area contributed by atoms with Crippen molar-refractivity contribution in [3.05, 3.63) is 95.8 Å². The number of rotatable bonds is 9. The summed E-state index contributed by atoms with van der Waals surface area (Å²) in [6.07, 6.45) is 2.36. The van der Waals surface area contributed by atoms with Crippen molar-refractivity contribution in [3.8, 4) is 22.7 Å². The lowest BCUT2D eigenvalue weighted by Gasteiger charge is -2.24. The molecular formula is C33H34FN5O3S. The fraction of sp³-hybridized carbons (Fsp3) is 0.303. The van der Waals surface area contributed by atoms with Crippen molar-refractivity contribution >= 4 is 29.4 Å². The van der Waals surface area contributed by atoms with E-state index in [1.807, 2.05) is 54.6 Å². The average Bonchev–Trinajstić information content (AvgIpc) is 3.67. The zero-order chi connectivity index (χ0) is 29.8. The zero-order valence-corrected chi connectivity index (χ0v) is 24.9. The SMILES string of the molecule is COc1ccccc1C1SCC(=O)N(CC(=O)NCCN2CCCC2)c2c1c(-c1ccccc1)nn2-c1ccc(F)cc1. The van der Waals surface area contributed by atoms with Gasteiger partial charge in [0.2, 0.25) is 11.8 Å². The predicted molar refractivity (Wildman–Crippen MR) is 167 cm³/mol. The number of carbonyl (C=O) groups excluding carboxylic acids is 2. The maximum Gasteiger partial charge on any atom is 0.240 e. The largest absolute Gasteiger partial charge is 0.496 e. The Hall–Kier alpha value is -4.15. The van der Waals surface area contributed by atoms with Gasteiger partial charge in [-0.25, -0.2) is 9.07 Å². The number of nitrogens with one attached hydrogen (secondary N) is 1. The molecule has 1 saturated heterocycles. The molecule has 2 amide bonds. The van der Waals surface area contributed by atoms with Gasteiger partial charge in [-0.2, -0.15) is 5.10 Å². The molecule has 8 nitrogen and oxygen atoms in total. The summed E-state index contributed by atoms with van der Waals surface area (Å²) < 4.78 is 21.4. The number of fused-ring (bicyclic) bond motifs is 1. The average molecular weight is 600 g/mol. The van der Waals surface area contributed by atoms with Crippen LogP contribution >= 0.6 is 11.8 Å². The Morgan fingerprint density at radius 1 is 1.02 bits per heavy atom. The highest BCUT2D eigenvalue weighted by molar-refractivity contribution is 8.00. The van der Waals surface area contributed by atoms with Crippen LogP contribution in [0.2, 0.25) is 0 Å². The molecule has 1 atom stereocenters. The van der Waals surface area contributed by atoms with Gasteiger partial charge in [0.25, 0.3) is 0 Å². The molecule has 0 bridgehead atoms. The van der Waals surface area contributed by atoms with Crippen LogP contribution in [0.25, 0.3) is 16.9 Å². The maximum absolute atomic E-state index is 14.0. The molecule has 0 spiro atoms. The number of aromatic nitrogens is 2. The number of nitrogens with zero attached hydrogens (tertiary/aromatic N) is 4. The first-order valence-electron chi connectivity index (χ1n) is 14.5. The number of hydrogen-bond donors (Lipinski definition) is 1. The number of amides is 2. The van der Waals surface area contributed by atoms with Crippen molar-refractivity contribution in [2.24, 2.45) is 0 Å². The smallest absolute Gasteiger partial charge is 0.240 e. The van der Waals surface area contributed by atoms with E-state index in [1.165, 1.54) is 41.6 Å². The fourth-order valence-electron chi connectivity index (χ4n) is 5.78. The molecule has 43 heavy (non-hydrogen) atoms. The van der Waals surface area contributed by atoms with Gasteiger partial charge in [0.05, 0.1) is 29.5 Å². The van der Waals surface area contributed by atoms with Gasteiger partial charge in [-0.1, -0.05) is 48.5 Å². The van der Waals surface area contributed by atoms with Crippen LogP contribution in [-0.2, 0) is 9.59 Å². The van der Waals surface area contributed by atoms with Gasteiger partial charge in [0.1, 0.15) is 23.9 Å². The molecule has 0 aliphatic carbocycles. The zero-order valence-electron chi connectivity index (χ0n) is 24.0. The molecule has 222 valence electrons. The topological polar surface area (TPSA) is 79.7 Å². The Kier molecular flexibility index (Phi) is 8.76. The highest BCUT2D eigenvalue weighted by atomic mass is 32.2. The molecule has 3 aromatic carbocycles. The van der Waals surface area contributed by atoms with Crippen molar-refractivity contribution in [1.29, 1.82) is 0 Å². The lowest BCUT2D eigenvalue weighted by atomic mass is 9.99. The Morgan fingerprint density at radius 3 is 2.49 bits per heavy atom. The van der Waals surface area contributed by atoms with Crippen LogP contribution in [0.1, 0.15) is 29.2 Å². The van der Waals surface area contributed by atoms with E-state index in [9.17, 15) is 14.0 Å². The molecule has 0 saturated carbocycles. The standard InChI is InChI=1S/C33H34FN5O3S/c1-42-27-12-6-5-11-26(27)32-30-31(23-9-3-2-4-10-23)36-39(25-15-13-24(34)14-16-25)33(30)38(29(41)22-43-32)21-28(40)35-17-20-37-18-7-8-19-37/h2-6,9-16,32H,7-8,17-22H2,1H3,(H,35,40). The van der Waals surface area contributed by atoms with Crippen LogP contribution in [-0.4, -0.2) is 72.1 Å². The number of para-hydroxylation sites is 1. The van der Waals surface area contributed by atoms with E-state index in [4.69, 9.17) is 9.84 Å². The van der Waals surface area contributed by atoms with Crippen molar-refractivity contribution in [3.63, 3.8) is 0 Å². The van der Waals surface area contributed by atoms with Gasteiger partial charge in [-0.15, -0.1) is 11.8 Å². The van der Waals surface area contributed by atoms with E-state index in [0.29, 0.717) is 29.5 Å². The lowest BCUT2D eigenvalue weighted by Crippen LogP contribution is -2.44. The Balaban J connectivity index is 1.48. The van der Waals surface area contributed by atoms with E-state index in [2.05, 4.69) is 10.2 Å². The summed E-state index contributed by atoms with van der Waals surface area (Å²) in [5.74, 6) is 0.508. The van der Waals surface area contributed by atoms with Gasteiger partial charge in [-0.05, 0) is 56.3 Å². The number of halogens is 1. The number of anilines is 1. The summed E-state index contributed by atoms with van der Waals surface area (Å²) in [7, 11) is 1.63. The van der Waals surface area contributed by atoms with Crippen molar-refractivity contribution in [1.82, 2.24) is 20.0 Å². The van der Waals surface area contributed by atoms with Crippen LogP contribution in [0.15, 0.2) is 78.9 Å². The molecule has 2 aliphatic heterocycles. The van der Waals surface area contributed by atoms with Crippen LogP contribution < -0.4 is 15.0 Å². The third kappa shape index (κ3) is 6.16. The van der Waals surface area contributed by atoms with E-state index < -0.39 is 0 Å². The normalized spacial score (nSPS) is 17.0. The van der Waals surface area contributed by atoms with Gasteiger partial charge in [0, 0.05) is 29.8 Å². The Bertz CT molecular complexity index is 1590. The predicted octanol–water partition coefficient (Wildman–Crippen LogP) is 5.07. The number of ether oxygens (including phenoxy) is 1. The second-order valence-electron chi connectivity index (χ2n) is 10.7. The molecule has 4 aromatic rings. The Morgan fingerprint density at radius 2 is 1.74 bits per heavy atom. The molecular weight excluding hydrogens is 565 g/mol. The van der Waals surface area contributed by atoms with Crippen molar-refractivity contribution in [2.75, 3.05) is 50.5 Å². The molecule has 1 N–H and O–H groups in total. The van der Waals surface area contributed by atoms with Crippen LogP contribution in [0.5, 0.6) is 5.75 Å². The highest BCUT2D eigenvalue weighted by Crippen LogP contribution is 2.50. The molecule has 3 heterocycles. The highest BCUT2D eigenvalue weighted by Gasteiger charge is 2.38. The second kappa shape index (κ2) is 13.0. The second-order valence-corrected chi connectivity index (χ2v) is 11.7. The summed E-state index contributed by atoms with van der Waals surface area (Å²) in [5.41, 5.74) is 3.82. The number of carbonyl (C=O) groups is 2. The van der Waals surface area contributed by atoms with E-state index in [-0.39, 0.29) is 35.2 Å². The summed E-state index contributed by atoms with van der Waals surface area (Å²) in [5, 5.41) is 7.73. The van der Waals surface area contributed by atoms with E-state index in [0.717, 1.165) is 36.3 Å². The summed E-state index contributed by atoms with van der Waals surface area (Å²) in [6.45, 7) is 3.22. The van der Waals surface area contributed by atoms with Crippen LogP contribution in [0, 0.1) is 5.82 Å². The molecule has 1 aromatic heterocycles.